The number of imidazole rings is 2. The fourth-order valence-corrected chi connectivity index (χ4v) is 4.07. The van der Waals surface area contributed by atoms with Gasteiger partial charge in [-0.1, -0.05) is 12.1 Å². The maximum Gasteiger partial charge on any atom is 0.274 e. The van der Waals surface area contributed by atoms with E-state index < -0.39 is 0 Å². The minimum Gasteiger partial charge on any atom is -0.337 e. The predicted molar refractivity (Wildman–Crippen MR) is 109 cm³/mol. The average Bonchev–Trinajstić information content (AvgIpc) is 3.41. The molecule has 1 fully saturated rings. The molecule has 5 heterocycles. The van der Waals surface area contributed by atoms with Crippen molar-refractivity contribution in [3.63, 3.8) is 0 Å². The van der Waals surface area contributed by atoms with Crippen LogP contribution >= 0.6 is 0 Å². The quantitative estimate of drug-likeness (QED) is 0.541. The van der Waals surface area contributed by atoms with Gasteiger partial charge in [-0.3, -0.25) is 9.78 Å². The summed E-state index contributed by atoms with van der Waals surface area (Å²) in [5.74, 6) is 1.24. The molecular weight excluding hydrogens is 364 g/mol. The summed E-state index contributed by atoms with van der Waals surface area (Å²) in [5.41, 5.74) is 2.42. The van der Waals surface area contributed by atoms with Gasteiger partial charge < -0.3 is 13.9 Å². The van der Waals surface area contributed by atoms with Crippen molar-refractivity contribution in [3.05, 3.63) is 84.6 Å². The van der Waals surface area contributed by atoms with Gasteiger partial charge in [0.15, 0.2) is 0 Å². The molecule has 0 N–H and O–H groups in total. The number of hydrogen-bond acceptors (Lipinski definition) is 4. The molecule has 7 nitrogen and oxygen atoms in total. The third-order valence-electron chi connectivity index (χ3n) is 5.48. The summed E-state index contributed by atoms with van der Waals surface area (Å²) < 4.78 is 4.05. The van der Waals surface area contributed by atoms with E-state index in [2.05, 4.69) is 25.6 Å². The van der Waals surface area contributed by atoms with Crippen molar-refractivity contribution >= 4 is 11.6 Å². The van der Waals surface area contributed by atoms with E-state index in [1.807, 2.05) is 64.6 Å². The Labute approximate surface area is 168 Å². The maximum absolute atomic E-state index is 13.1. The molecule has 1 unspecified atom stereocenters. The number of nitrogens with zero attached hydrogens (tertiary/aromatic N) is 6. The fraction of sp³-hybridized carbons (Fsp3) is 0.273. The zero-order chi connectivity index (χ0) is 19.6. The highest BCUT2D eigenvalue weighted by molar-refractivity contribution is 5.93. The number of amides is 1. The Hall–Kier alpha value is -3.48. The van der Waals surface area contributed by atoms with Gasteiger partial charge in [0.25, 0.3) is 5.91 Å². The van der Waals surface area contributed by atoms with E-state index in [9.17, 15) is 4.79 Å². The number of likely N-dealkylation sites (tertiary alicyclic amines) is 1. The van der Waals surface area contributed by atoms with Crippen LogP contribution in [-0.4, -0.2) is 47.8 Å². The van der Waals surface area contributed by atoms with Gasteiger partial charge in [-0.15, -0.1) is 0 Å². The molecule has 1 aliphatic heterocycles. The van der Waals surface area contributed by atoms with E-state index in [-0.39, 0.29) is 11.8 Å². The average molecular weight is 386 g/mol. The van der Waals surface area contributed by atoms with Crippen LogP contribution in [0.5, 0.6) is 0 Å². The second kappa shape index (κ2) is 7.50. The summed E-state index contributed by atoms with van der Waals surface area (Å²) >= 11 is 0. The molecule has 0 saturated carbocycles. The van der Waals surface area contributed by atoms with Crippen LogP contribution in [0.3, 0.4) is 0 Å². The van der Waals surface area contributed by atoms with Gasteiger partial charge in [-0.05, 0) is 36.6 Å². The molecular formula is C22H22N6O. The van der Waals surface area contributed by atoms with Gasteiger partial charge in [-0.2, -0.15) is 0 Å². The van der Waals surface area contributed by atoms with Crippen LogP contribution in [0, 0.1) is 0 Å². The topological polar surface area (TPSA) is 68.3 Å². The standard InChI is InChI=1S/C22H22N6O/c29-22(19-16-26-10-2-1-7-20(26)25-19)28-11-4-6-18(15-28)21-24-9-12-27(21)14-17-5-3-8-23-13-17/h1-3,5,7-10,12-13,16,18H,4,6,11,14-15H2. The van der Waals surface area contributed by atoms with Gasteiger partial charge in [0.2, 0.25) is 0 Å². The normalized spacial score (nSPS) is 17.0. The van der Waals surface area contributed by atoms with Crippen molar-refractivity contribution < 1.29 is 4.79 Å². The number of pyridine rings is 2. The summed E-state index contributed by atoms with van der Waals surface area (Å²) in [6.45, 7) is 2.16. The number of carbonyl (C=O) groups is 1. The Morgan fingerprint density at radius 2 is 2.10 bits per heavy atom. The van der Waals surface area contributed by atoms with E-state index in [0.717, 1.165) is 43.0 Å². The van der Waals surface area contributed by atoms with Gasteiger partial charge >= 0.3 is 0 Å². The van der Waals surface area contributed by atoms with Gasteiger partial charge in [-0.25, -0.2) is 9.97 Å². The lowest BCUT2D eigenvalue weighted by atomic mass is 9.96. The highest BCUT2D eigenvalue weighted by Gasteiger charge is 2.29. The monoisotopic (exact) mass is 386 g/mol. The third kappa shape index (κ3) is 3.51. The molecule has 0 bridgehead atoms. The SMILES string of the molecule is O=C(c1cn2ccccc2n1)N1CCCC(c2nccn2Cc2cccnc2)C1. The Bertz CT molecular complexity index is 1100. The Morgan fingerprint density at radius 1 is 1.14 bits per heavy atom. The van der Waals surface area contributed by atoms with Gasteiger partial charge in [0, 0.05) is 56.2 Å². The highest BCUT2D eigenvalue weighted by Crippen LogP contribution is 2.27. The molecule has 1 atom stereocenters. The van der Waals surface area contributed by atoms with Crippen molar-refractivity contribution in [2.45, 2.75) is 25.3 Å². The summed E-state index contributed by atoms with van der Waals surface area (Å²) in [5, 5.41) is 0. The number of hydrogen-bond donors (Lipinski definition) is 0. The fourth-order valence-electron chi connectivity index (χ4n) is 4.07. The molecule has 7 heteroatoms. The summed E-state index contributed by atoms with van der Waals surface area (Å²) in [6, 6.07) is 9.78. The molecule has 1 aliphatic rings. The largest absolute Gasteiger partial charge is 0.337 e. The van der Waals surface area contributed by atoms with E-state index >= 15 is 0 Å². The lowest BCUT2D eigenvalue weighted by Crippen LogP contribution is -2.40. The van der Waals surface area contributed by atoms with Crippen molar-refractivity contribution in [3.8, 4) is 0 Å². The number of piperidine rings is 1. The second-order valence-corrected chi connectivity index (χ2v) is 7.46. The molecule has 5 rings (SSSR count). The van der Waals surface area contributed by atoms with Crippen LogP contribution in [-0.2, 0) is 6.54 Å². The molecule has 1 saturated heterocycles. The number of fused-ring (bicyclic) bond motifs is 1. The second-order valence-electron chi connectivity index (χ2n) is 7.46. The Morgan fingerprint density at radius 3 is 2.97 bits per heavy atom. The van der Waals surface area contributed by atoms with Crippen LogP contribution in [0.2, 0.25) is 0 Å². The molecule has 146 valence electrons. The zero-order valence-electron chi connectivity index (χ0n) is 16.1. The molecule has 0 radical (unpaired) electrons. The first-order valence-corrected chi connectivity index (χ1v) is 9.91. The minimum atomic E-state index is -0.0104. The number of rotatable bonds is 4. The smallest absolute Gasteiger partial charge is 0.274 e. The lowest BCUT2D eigenvalue weighted by molar-refractivity contribution is 0.0698. The Balaban J connectivity index is 1.34. The minimum absolute atomic E-state index is 0.0104. The predicted octanol–water partition coefficient (Wildman–Crippen LogP) is 2.99. The van der Waals surface area contributed by atoms with Crippen LogP contribution in [0.15, 0.2) is 67.5 Å². The van der Waals surface area contributed by atoms with E-state index in [1.54, 1.807) is 6.20 Å². The molecule has 4 aromatic heterocycles. The van der Waals surface area contributed by atoms with Gasteiger partial charge in [0.1, 0.15) is 17.2 Å². The van der Waals surface area contributed by atoms with E-state index in [0.29, 0.717) is 12.2 Å². The maximum atomic E-state index is 13.1. The molecule has 29 heavy (non-hydrogen) atoms. The van der Waals surface area contributed by atoms with Crippen molar-refractivity contribution in [1.82, 2.24) is 28.8 Å². The van der Waals surface area contributed by atoms with Crippen molar-refractivity contribution in [2.24, 2.45) is 0 Å². The zero-order valence-corrected chi connectivity index (χ0v) is 16.1. The lowest BCUT2D eigenvalue weighted by Gasteiger charge is -2.32. The number of aromatic nitrogens is 5. The molecule has 1 amide bonds. The van der Waals surface area contributed by atoms with Crippen LogP contribution in [0.4, 0.5) is 0 Å². The number of carbonyl (C=O) groups excluding carboxylic acids is 1. The summed E-state index contributed by atoms with van der Waals surface area (Å²) in [7, 11) is 0. The van der Waals surface area contributed by atoms with Crippen molar-refractivity contribution in [1.29, 1.82) is 0 Å². The Kier molecular flexibility index (Phi) is 4.56. The molecule has 4 aromatic rings. The summed E-state index contributed by atoms with van der Waals surface area (Å²) in [4.78, 5) is 28.3. The first-order valence-electron chi connectivity index (χ1n) is 9.91. The van der Waals surface area contributed by atoms with E-state index in [1.165, 1.54) is 0 Å². The van der Waals surface area contributed by atoms with Crippen LogP contribution < -0.4 is 0 Å². The first-order chi connectivity index (χ1) is 14.3. The molecule has 0 aliphatic carbocycles. The molecule has 0 spiro atoms. The van der Waals surface area contributed by atoms with Crippen molar-refractivity contribution in [2.75, 3.05) is 13.1 Å². The molecule has 0 aromatic carbocycles. The summed E-state index contributed by atoms with van der Waals surface area (Å²) in [6.07, 6.45) is 13.2. The first kappa shape index (κ1) is 17.6. The van der Waals surface area contributed by atoms with Crippen LogP contribution in [0.1, 0.15) is 40.6 Å². The van der Waals surface area contributed by atoms with E-state index in [4.69, 9.17) is 0 Å². The third-order valence-corrected chi connectivity index (χ3v) is 5.48. The highest BCUT2D eigenvalue weighted by atomic mass is 16.2. The van der Waals surface area contributed by atoms with Crippen LogP contribution in [0.25, 0.3) is 5.65 Å². The van der Waals surface area contributed by atoms with Gasteiger partial charge in [0.05, 0.1) is 6.54 Å².